The number of morpholine rings is 1. The Labute approximate surface area is 180 Å². The summed E-state index contributed by atoms with van der Waals surface area (Å²) in [5.74, 6) is -0.228. The highest BCUT2D eigenvalue weighted by Crippen LogP contribution is 2.43. The largest absolute Gasteiger partial charge is 0.468 e. The highest BCUT2D eigenvalue weighted by atomic mass is 16.7. The molecule has 3 fully saturated rings. The van der Waals surface area contributed by atoms with Gasteiger partial charge in [-0.3, -0.25) is 9.69 Å². The van der Waals surface area contributed by atoms with E-state index in [9.17, 15) is 4.79 Å². The lowest BCUT2D eigenvalue weighted by molar-refractivity contribution is -0.290. The van der Waals surface area contributed by atoms with Crippen LogP contribution in [0.25, 0.3) is 0 Å². The first-order valence-electron chi connectivity index (χ1n) is 11.3. The summed E-state index contributed by atoms with van der Waals surface area (Å²) >= 11 is 0. The first-order chi connectivity index (χ1) is 14.5. The molecule has 0 N–H and O–H groups in total. The van der Waals surface area contributed by atoms with Crippen molar-refractivity contribution < 1.29 is 19.0 Å². The quantitative estimate of drug-likeness (QED) is 0.497. The Balaban J connectivity index is 1.72. The molecule has 164 valence electrons. The fourth-order valence-corrected chi connectivity index (χ4v) is 5.15. The molecule has 2 aliphatic carbocycles. The maximum Gasteiger partial charge on any atom is 0.326 e. The van der Waals surface area contributed by atoms with Crippen LogP contribution in [0.3, 0.4) is 0 Å². The van der Waals surface area contributed by atoms with Crippen molar-refractivity contribution in [3.05, 3.63) is 48.0 Å². The first kappa shape index (κ1) is 21.5. The predicted octanol–water partition coefficient (Wildman–Crippen LogP) is 4.11. The minimum Gasteiger partial charge on any atom is -0.468 e. The van der Waals surface area contributed by atoms with Gasteiger partial charge in [0.1, 0.15) is 5.54 Å². The van der Waals surface area contributed by atoms with E-state index >= 15 is 0 Å². The SMILES string of the molecule is COC(=O)C1(N2C[C@](C)(OC)O[C@@H](Cc3ccccc3)[C@H]2/C=C/C2CC2)CCCC1. The van der Waals surface area contributed by atoms with Crippen LogP contribution in [0.4, 0.5) is 0 Å². The molecule has 1 heterocycles. The molecule has 0 aromatic heterocycles. The third-order valence-electron chi connectivity index (χ3n) is 7.06. The van der Waals surface area contributed by atoms with Gasteiger partial charge in [-0.2, -0.15) is 0 Å². The molecule has 3 atom stereocenters. The van der Waals surface area contributed by atoms with Crippen LogP contribution in [0.5, 0.6) is 0 Å². The molecule has 30 heavy (non-hydrogen) atoms. The second kappa shape index (κ2) is 8.81. The van der Waals surface area contributed by atoms with Crippen molar-refractivity contribution in [2.45, 2.75) is 75.3 Å². The number of allylic oxidation sites excluding steroid dienone is 1. The monoisotopic (exact) mass is 413 g/mol. The summed E-state index contributed by atoms with van der Waals surface area (Å²) in [6, 6.07) is 10.4. The van der Waals surface area contributed by atoms with E-state index in [1.165, 1.54) is 25.5 Å². The van der Waals surface area contributed by atoms with Crippen LogP contribution in [0, 0.1) is 5.92 Å². The van der Waals surface area contributed by atoms with Gasteiger partial charge in [0.25, 0.3) is 0 Å². The number of hydrogen-bond donors (Lipinski definition) is 0. The summed E-state index contributed by atoms with van der Waals surface area (Å²) in [7, 11) is 3.20. The van der Waals surface area contributed by atoms with Crippen LogP contribution in [-0.2, 0) is 25.4 Å². The van der Waals surface area contributed by atoms with Gasteiger partial charge in [0.05, 0.1) is 25.8 Å². The molecule has 0 unspecified atom stereocenters. The minimum atomic E-state index is -0.771. The molecule has 1 aromatic carbocycles. The van der Waals surface area contributed by atoms with Gasteiger partial charge in [-0.1, -0.05) is 55.3 Å². The van der Waals surface area contributed by atoms with Crippen LogP contribution < -0.4 is 0 Å². The van der Waals surface area contributed by atoms with Crippen LogP contribution in [0.1, 0.15) is 51.0 Å². The van der Waals surface area contributed by atoms with Crippen molar-refractivity contribution in [3.63, 3.8) is 0 Å². The van der Waals surface area contributed by atoms with Gasteiger partial charge in [-0.25, -0.2) is 0 Å². The molecule has 0 amide bonds. The number of methoxy groups -OCH3 is 2. The number of hydrogen-bond acceptors (Lipinski definition) is 5. The lowest BCUT2D eigenvalue weighted by Gasteiger charge is -2.53. The maximum atomic E-state index is 13.1. The normalized spacial score (nSPS) is 31.8. The van der Waals surface area contributed by atoms with E-state index in [4.69, 9.17) is 14.2 Å². The number of carbonyl (C=O) groups is 1. The zero-order valence-corrected chi connectivity index (χ0v) is 18.5. The van der Waals surface area contributed by atoms with E-state index in [2.05, 4.69) is 41.3 Å². The summed E-state index contributed by atoms with van der Waals surface area (Å²) in [6.45, 7) is 2.53. The third kappa shape index (κ3) is 4.34. The Morgan fingerprint density at radius 3 is 2.47 bits per heavy atom. The fourth-order valence-electron chi connectivity index (χ4n) is 5.15. The van der Waals surface area contributed by atoms with Gasteiger partial charge in [0, 0.05) is 13.5 Å². The van der Waals surface area contributed by atoms with Crippen LogP contribution >= 0.6 is 0 Å². The average Bonchev–Trinajstić information content (AvgIpc) is 3.46. The number of ether oxygens (including phenoxy) is 3. The van der Waals surface area contributed by atoms with Gasteiger partial charge in [0.15, 0.2) is 5.79 Å². The molecule has 0 spiro atoms. The summed E-state index contributed by atoms with van der Waals surface area (Å²) < 4.78 is 17.8. The highest BCUT2D eigenvalue weighted by molar-refractivity contribution is 5.81. The molecule has 4 rings (SSSR count). The van der Waals surface area contributed by atoms with Gasteiger partial charge in [-0.05, 0) is 44.1 Å². The van der Waals surface area contributed by atoms with Crippen molar-refractivity contribution in [2.75, 3.05) is 20.8 Å². The van der Waals surface area contributed by atoms with E-state index in [-0.39, 0.29) is 18.1 Å². The topological polar surface area (TPSA) is 48.0 Å². The lowest BCUT2D eigenvalue weighted by Crippen LogP contribution is -2.68. The summed E-state index contributed by atoms with van der Waals surface area (Å²) in [6.07, 6.45) is 11.5. The molecule has 1 saturated heterocycles. The Hall–Kier alpha value is -1.69. The van der Waals surface area contributed by atoms with E-state index in [0.29, 0.717) is 12.5 Å². The fraction of sp³-hybridized carbons (Fsp3) is 0.640. The van der Waals surface area contributed by atoms with Crippen molar-refractivity contribution in [1.29, 1.82) is 0 Å². The van der Waals surface area contributed by atoms with E-state index < -0.39 is 11.3 Å². The average molecular weight is 414 g/mol. The Bertz CT molecular complexity index is 754. The van der Waals surface area contributed by atoms with Crippen molar-refractivity contribution in [1.82, 2.24) is 4.90 Å². The Kier molecular flexibility index (Phi) is 6.33. The molecule has 5 nitrogen and oxygen atoms in total. The second-order valence-electron chi connectivity index (χ2n) is 9.26. The Morgan fingerprint density at radius 2 is 1.87 bits per heavy atom. The zero-order valence-electron chi connectivity index (χ0n) is 18.5. The van der Waals surface area contributed by atoms with Crippen molar-refractivity contribution >= 4 is 5.97 Å². The van der Waals surface area contributed by atoms with Crippen LogP contribution in [0.2, 0.25) is 0 Å². The number of nitrogens with zero attached hydrogens (tertiary/aromatic N) is 1. The van der Waals surface area contributed by atoms with Gasteiger partial charge >= 0.3 is 5.97 Å². The molecular weight excluding hydrogens is 378 g/mol. The van der Waals surface area contributed by atoms with E-state index in [1.54, 1.807) is 7.11 Å². The standard InChI is InChI=1S/C25H35NO4/c1-24(29-3)18-26(25(23(27)28-2)15-7-8-16-25)21(14-13-19-11-12-19)22(30-24)17-20-9-5-4-6-10-20/h4-6,9-10,13-14,19,21-22H,7-8,11-12,15-18H2,1-3H3/b14-13+/t21-,22+,24-/m1/s1. The summed E-state index contributed by atoms with van der Waals surface area (Å²) in [4.78, 5) is 15.5. The molecule has 0 bridgehead atoms. The number of carbonyl (C=O) groups excluding carboxylic acids is 1. The minimum absolute atomic E-state index is 0.00577. The van der Waals surface area contributed by atoms with Crippen molar-refractivity contribution in [3.8, 4) is 0 Å². The Morgan fingerprint density at radius 1 is 1.17 bits per heavy atom. The maximum absolute atomic E-state index is 13.1. The lowest BCUT2D eigenvalue weighted by atomic mass is 9.87. The number of rotatable bonds is 7. The predicted molar refractivity (Wildman–Crippen MR) is 116 cm³/mol. The molecular formula is C25H35NO4. The van der Waals surface area contributed by atoms with Gasteiger partial charge in [0.2, 0.25) is 0 Å². The molecule has 3 aliphatic rings. The zero-order chi connectivity index (χ0) is 21.2. The van der Waals surface area contributed by atoms with E-state index in [1.807, 2.05) is 13.0 Å². The van der Waals surface area contributed by atoms with E-state index in [0.717, 1.165) is 32.1 Å². The summed E-state index contributed by atoms with van der Waals surface area (Å²) in [5, 5.41) is 0. The number of esters is 1. The smallest absolute Gasteiger partial charge is 0.326 e. The van der Waals surface area contributed by atoms with Crippen LogP contribution in [-0.4, -0.2) is 55.1 Å². The third-order valence-corrected chi connectivity index (χ3v) is 7.06. The van der Waals surface area contributed by atoms with Crippen LogP contribution in [0.15, 0.2) is 42.5 Å². The molecule has 1 aliphatic heterocycles. The number of benzene rings is 1. The molecule has 0 radical (unpaired) electrons. The first-order valence-corrected chi connectivity index (χ1v) is 11.3. The van der Waals surface area contributed by atoms with Crippen molar-refractivity contribution in [2.24, 2.45) is 5.92 Å². The van der Waals surface area contributed by atoms with Gasteiger partial charge < -0.3 is 14.2 Å². The highest BCUT2D eigenvalue weighted by Gasteiger charge is 2.55. The molecule has 5 heteroatoms. The summed E-state index contributed by atoms with van der Waals surface area (Å²) in [5.41, 5.74) is 0.623. The molecule has 1 aromatic rings. The second-order valence-corrected chi connectivity index (χ2v) is 9.26. The molecule has 2 saturated carbocycles. The van der Waals surface area contributed by atoms with Gasteiger partial charge in [-0.15, -0.1) is 0 Å².